The second kappa shape index (κ2) is 7.28. The van der Waals surface area contributed by atoms with Gasteiger partial charge in [0.15, 0.2) is 0 Å². The van der Waals surface area contributed by atoms with E-state index in [9.17, 15) is 0 Å². The summed E-state index contributed by atoms with van der Waals surface area (Å²) >= 11 is 0. The molecule has 4 nitrogen and oxygen atoms in total. The molecule has 0 saturated carbocycles. The average Bonchev–Trinajstić information content (AvgIpc) is 2.71. The molecule has 0 aliphatic heterocycles. The number of anilines is 1. The lowest BCUT2D eigenvalue weighted by atomic mass is 10.2. The van der Waals surface area contributed by atoms with Gasteiger partial charge in [-0.05, 0) is 26.2 Å². The molecule has 92 valence electrons. The number of aryl methyl sites for hydroxylation is 1. The van der Waals surface area contributed by atoms with E-state index >= 15 is 0 Å². The molecule has 0 spiro atoms. The normalized spacial score (nSPS) is 12.7. The molecule has 1 unspecified atom stereocenters. The molecule has 0 bridgehead atoms. The van der Waals surface area contributed by atoms with Crippen LogP contribution in [-0.2, 0) is 6.54 Å². The fourth-order valence-corrected chi connectivity index (χ4v) is 1.66. The Morgan fingerprint density at radius 3 is 3.00 bits per heavy atom. The van der Waals surface area contributed by atoms with Crippen molar-refractivity contribution in [2.45, 2.75) is 52.1 Å². The van der Waals surface area contributed by atoms with Gasteiger partial charge in [-0.15, -0.1) is 0 Å². The molecule has 4 heteroatoms. The van der Waals surface area contributed by atoms with Gasteiger partial charge >= 0.3 is 0 Å². The van der Waals surface area contributed by atoms with Crippen molar-refractivity contribution < 1.29 is 5.11 Å². The Kier molecular flexibility index (Phi) is 5.93. The van der Waals surface area contributed by atoms with Crippen molar-refractivity contribution in [3.8, 4) is 0 Å². The van der Waals surface area contributed by atoms with Crippen molar-refractivity contribution >= 4 is 5.82 Å². The minimum Gasteiger partial charge on any atom is -0.396 e. The van der Waals surface area contributed by atoms with Gasteiger partial charge in [0, 0.05) is 25.3 Å². The number of aliphatic hydroxyl groups is 1. The highest BCUT2D eigenvalue weighted by Crippen LogP contribution is 2.11. The standard InChI is InChI=1S/C12H23N3O/c1-3-4-9-15-12(7-8-13-15)14-11(2)6-5-10-16/h7-8,11,14,16H,3-6,9-10H2,1-2H3. The van der Waals surface area contributed by atoms with Crippen LogP contribution in [0.25, 0.3) is 0 Å². The zero-order valence-electron chi connectivity index (χ0n) is 10.3. The van der Waals surface area contributed by atoms with E-state index in [0.29, 0.717) is 6.04 Å². The van der Waals surface area contributed by atoms with Crippen LogP contribution in [0, 0.1) is 0 Å². The zero-order chi connectivity index (χ0) is 11.8. The van der Waals surface area contributed by atoms with Crippen molar-refractivity contribution in [3.63, 3.8) is 0 Å². The van der Waals surface area contributed by atoms with Crippen molar-refractivity contribution in [3.05, 3.63) is 12.3 Å². The summed E-state index contributed by atoms with van der Waals surface area (Å²) in [6, 6.07) is 2.38. The minimum absolute atomic E-state index is 0.265. The Hall–Kier alpha value is -1.03. The first-order valence-corrected chi connectivity index (χ1v) is 6.17. The maximum atomic E-state index is 8.77. The van der Waals surface area contributed by atoms with E-state index in [4.69, 9.17) is 5.11 Å². The van der Waals surface area contributed by atoms with E-state index in [2.05, 4.69) is 24.3 Å². The number of unbranched alkanes of at least 4 members (excludes halogenated alkanes) is 1. The third kappa shape index (κ3) is 4.23. The Bertz CT molecular complexity index is 286. The van der Waals surface area contributed by atoms with Crippen LogP contribution in [-0.4, -0.2) is 27.5 Å². The monoisotopic (exact) mass is 225 g/mol. The molecule has 0 amide bonds. The van der Waals surface area contributed by atoms with Crippen LogP contribution < -0.4 is 5.32 Å². The SMILES string of the molecule is CCCCn1nccc1NC(C)CCCO. The van der Waals surface area contributed by atoms with Crippen LogP contribution >= 0.6 is 0 Å². The van der Waals surface area contributed by atoms with Gasteiger partial charge < -0.3 is 10.4 Å². The quantitative estimate of drug-likeness (QED) is 0.713. The first-order chi connectivity index (χ1) is 7.77. The average molecular weight is 225 g/mol. The lowest BCUT2D eigenvalue weighted by Crippen LogP contribution is -2.18. The van der Waals surface area contributed by atoms with E-state index in [1.807, 2.05) is 16.9 Å². The molecule has 1 atom stereocenters. The number of hydrogen-bond donors (Lipinski definition) is 2. The maximum absolute atomic E-state index is 8.77. The molecule has 0 saturated heterocycles. The third-order valence-corrected chi connectivity index (χ3v) is 2.63. The Morgan fingerprint density at radius 1 is 1.50 bits per heavy atom. The van der Waals surface area contributed by atoms with Gasteiger partial charge in [-0.1, -0.05) is 13.3 Å². The van der Waals surface area contributed by atoms with Crippen LogP contribution in [0.15, 0.2) is 12.3 Å². The van der Waals surface area contributed by atoms with Gasteiger partial charge in [0.1, 0.15) is 5.82 Å². The second-order valence-electron chi connectivity index (χ2n) is 4.20. The second-order valence-corrected chi connectivity index (χ2v) is 4.20. The maximum Gasteiger partial charge on any atom is 0.124 e. The predicted molar refractivity (Wildman–Crippen MR) is 66.5 cm³/mol. The van der Waals surface area contributed by atoms with Gasteiger partial charge in [-0.3, -0.25) is 0 Å². The summed E-state index contributed by atoms with van der Waals surface area (Å²) in [6.07, 6.45) is 5.99. The number of nitrogens with zero attached hydrogens (tertiary/aromatic N) is 2. The van der Waals surface area contributed by atoms with Crippen molar-refractivity contribution in [1.29, 1.82) is 0 Å². The number of hydrogen-bond acceptors (Lipinski definition) is 3. The lowest BCUT2D eigenvalue weighted by molar-refractivity contribution is 0.282. The van der Waals surface area contributed by atoms with Crippen LogP contribution in [0.4, 0.5) is 5.82 Å². The molecule has 0 radical (unpaired) electrons. The molecule has 1 aromatic rings. The molecular formula is C12H23N3O. The van der Waals surface area contributed by atoms with Crippen LogP contribution in [0.3, 0.4) is 0 Å². The largest absolute Gasteiger partial charge is 0.396 e. The molecule has 0 fully saturated rings. The molecule has 0 aromatic carbocycles. The number of rotatable bonds is 8. The zero-order valence-corrected chi connectivity index (χ0v) is 10.3. The molecule has 2 N–H and O–H groups in total. The minimum atomic E-state index is 0.265. The van der Waals surface area contributed by atoms with Crippen LogP contribution in [0.5, 0.6) is 0 Å². The van der Waals surface area contributed by atoms with Crippen molar-refractivity contribution in [2.75, 3.05) is 11.9 Å². The van der Waals surface area contributed by atoms with Gasteiger partial charge in [0.05, 0.1) is 6.20 Å². The molecule has 1 aromatic heterocycles. The summed E-state index contributed by atoms with van der Waals surface area (Å²) in [4.78, 5) is 0. The molecule has 16 heavy (non-hydrogen) atoms. The van der Waals surface area contributed by atoms with E-state index in [1.54, 1.807) is 0 Å². The summed E-state index contributed by atoms with van der Waals surface area (Å²) in [5.74, 6) is 1.08. The van der Waals surface area contributed by atoms with Crippen molar-refractivity contribution in [2.24, 2.45) is 0 Å². The van der Waals surface area contributed by atoms with Crippen LogP contribution in [0.1, 0.15) is 39.5 Å². The number of nitrogens with one attached hydrogen (secondary N) is 1. The molecule has 1 rings (SSSR count). The summed E-state index contributed by atoms with van der Waals surface area (Å²) in [5, 5.41) is 16.5. The summed E-state index contributed by atoms with van der Waals surface area (Å²) in [5.41, 5.74) is 0. The van der Waals surface area contributed by atoms with E-state index in [-0.39, 0.29) is 6.61 Å². The summed E-state index contributed by atoms with van der Waals surface area (Å²) in [7, 11) is 0. The van der Waals surface area contributed by atoms with E-state index in [0.717, 1.165) is 31.6 Å². The molecular weight excluding hydrogens is 202 g/mol. The first kappa shape index (κ1) is 13.0. The number of aliphatic hydroxyl groups excluding tert-OH is 1. The van der Waals surface area contributed by atoms with E-state index in [1.165, 1.54) is 6.42 Å². The Morgan fingerprint density at radius 2 is 2.31 bits per heavy atom. The molecule has 0 aliphatic rings. The third-order valence-electron chi connectivity index (χ3n) is 2.63. The Balaban J connectivity index is 2.42. The summed E-state index contributed by atoms with van der Waals surface area (Å²) in [6.45, 7) is 5.55. The van der Waals surface area contributed by atoms with Gasteiger partial charge in [-0.25, -0.2) is 4.68 Å². The topological polar surface area (TPSA) is 50.1 Å². The highest BCUT2D eigenvalue weighted by Gasteiger charge is 2.05. The highest BCUT2D eigenvalue weighted by molar-refractivity contribution is 5.34. The fourth-order valence-electron chi connectivity index (χ4n) is 1.66. The first-order valence-electron chi connectivity index (χ1n) is 6.17. The molecule has 0 aliphatic carbocycles. The Labute approximate surface area is 97.7 Å². The van der Waals surface area contributed by atoms with E-state index < -0.39 is 0 Å². The van der Waals surface area contributed by atoms with Gasteiger partial charge in [0.25, 0.3) is 0 Å². The van der Waals surface area contributed by atoms with Crippen LogP contribution in [0.2, 0.25) is 0 Å². The lowest BCUT2D eigenvalue weighted by Gasteiger charge is -2.15. The predicted octanol–water partition coefficient (Wildman–Crippen LogP) is 2.26. The van der Waals surface area contributed by atoms with Gasteiger partial charge in [0.2, 0.25) is 0 Å². The fraction of sp³-hybridized carbons (Fsp3) is 0.750. The number of aromatic nitrogens is 2. The molecule has 1 heterocycles. The van der Waals surface area contributed by atoms with Crippen molar-refractivity contribution in [1.82, 2.24) is 9.78 Å². The smallest absolute Gasteiger partial charge is 0.124 e. The summed E-state index contributed by atoms with van der Waals surface area (Å²) < 4.78 is 2.01. The van der Waals surface area contributed by atoms with Gasteiger partial charge in [-0.2, -0.15) is 5.10 Å². The highest BCUT2D eigenvalue weighted by atomic mass is 16.2.